The molecule has 22 heavy (non-hydrogen) atoms. The van der Waals surface area contributed by atoms with Gasteiger partial charge < -0.3 is 10.2 Å². The molecule has 0 fully saturated rings. The van der Waals surface area contributed by atoms with Crippen LogP contribution in [0.3, 0.4) is 0 Å². The van der Waals surface area contributed by atoms with Crippen molar-refractivity contribution in [3.05, 3.63) is 65.1 Å². The van der Waals surface area contributed by atoms with Crippen molar-refractivity contribution < 1.29 is 18.6 Å². The molecule has 0 unspecified atom stereocenters. The molecule has 0 radical (unpaired) electrons. The molecule has 0 saturated heterocycles. The van der Waals surface area contributed by atoms with Gasteiger partial charge in [-0.25, -0.2) is 13.1 Å². The first kappa shape index (κ1) is 16.1. The number of phenolic OH excluding ortho intramolecular Hbond substituents is 2. The van der Waals surface area contributed by atoms with Gasteiger partial charge in [-0.1, -0.05) is 36.4 Å². The maximum atomic E-state index is 11.8. The molecule has 6 heteroatoms. The minimum absolute atomic E-state index is 0.249. The van der Waals surface area contributed by atoms with Crippen LogP contribution in [0.5, 0.6) is 11.5 Å². The summed E-state index contributed by atoms with van der Waals surface area (Å²) in [4.78, 5) is 0. The number of rotatable bonds is 6. The number of benzene rings is 2. The van der Waals surface area contributed by atoms with Crippen LogP contribution >= 0.6 is 0 Å². The molecule has 0 aromatic heterocycles. The van der Waals surface area contributed by atoms with Crippen molar-refractivity contribution in [1.29, 1.82) is 0 Å². The third-order valence-corrected chi connectivity index (χ3v) is 4.10. The molecule has 2 rings (SSSR count). The Morgan fingerprint density at radius 1 is 1.00 bits per heavy atom. The van der Waals surface area contributed by atoms with Crippen LogP contribution < -0.4 is 4.72 Å². The van der Waals surface area contributed by atoms with Gasteiger partial charge in [-0.05, 0) is 35.8 Å². The second-order valence-corrected chi connectivity index (χ2v) is 6.38. The summed E-state index contributed by atoms with van der Waals surface area (Å²) in [5.74, 6) is -0.544. The Morgan fingerprint density at radius 2 is 1.73 bits per heavy atom. The topological polar surface area (TPSA) is 86.6 Å². The first-order valence-corrected chi connectivity index (χ1v) is 8.24. The van der Waals surface area contributed by atoms with Crippen molar-refractivity contribution in [2.75, 3.05) is 6.54 Å². The third kappa shape index (κ3) is 4.91. The average molecular weight is 319 g/mol. The predicted octanol–water partition coefficient (Wildman–Crippen LogP) is 2.23. The molecule has 0 aliphatic carbocycles. The molecule has 3 N–H and O–H groups in total. The SMILES string of the molecule is O=S(=O)(/C=C/c1ccc(O)c(O)c1)NCCc1ccccc1. The van der Waals surface area contributed by atoms with Gasteiger partial charge in [0.05, 0.1) is 0 Å². The van der Waals surface area contributed by atoms with Gasteiger partial charge in [0.2, 0.25) is 10.0 Å². The lowest BCUT2D eigenvalue weighted by Crippen LogP contribution is -2.23. The first-order chi connectivity index (χ1) is 10.5. The smallest absolute Gasteiger partial charge is 0.233 e. The van der Waals surface area contributed by atoms with Crippen molar-refractivity contribution in [2.24, 2.45) is 0 Å². The maximum Gasteiger partial charge on any atom is 0.233 e. The molecule has 0 aliphatic heterocycles. The van der Waals surface area contributed by atoms with Crippen molar-refractivity contribution in [1.82, 2.24) is 4.72 Å². The van der Waals surface area contributed by atoms with Crippen molar-refractivity contribution in [3.8, 4) is 11.5 Å². The van der Waals surface area contributed by atoms with E-state index in [-0.39, 0.29) is 11.5 Å². The van der Waals surface area contributed by atoms with E-state index in [9.17, 15) is 18.6 Å². The molecule has 0 atom stereocenters. The molecule has 5 nitrogen and oxygen atoms in total. The van der Waals surface area contributed by atoms with Gasteiger partial charge in [-0.3, -0.25) is 0 Å². The zero-order chi connectivity index (χ0) is 16.0. The Kier molecular flexibility index (Phi) is 5.19. The largest absolute Gasteiger partial charge is 0.504 e. The second-order valence-electron chi connectivity index (χ2n) is 4.73. The lowest BCUT2D eigenvalue weighted by Gasteiger charge is -2.03. The molecule has 0 heterocycles. The average Bonchev–Trinajstić information content (AvgIpc) is 2.49. The predicted molar refractivity (Wildman–Crippen MR) is 85.9 cm³/mol. The Labute approximate surface area is 129 Å². The van der Waals surface area contributed by atoms with E-state index in [0.717, 1.165) is 11.0 Å². The quantitative estimate of drug-likeness (QED) is 0.713. The van der Waals surface area contributed by atoms with Crippen LogP contribution in [-0.2, 0) is 16.4 Å². The standard InChI is InChI=1S/C16H17NO4S/c18-15-7-6-14(12-16(15)19)9-11-22(20,21)17-10-8-13-4-2-1-3-5-13/h1-7,9,11-12,17-19H,8,10H2/b11-9+. The van der Waals surface area contributed by atoms with E-state index in [1.165, 1.54) is 24.3 Å². The van der Waals surface area contributed by atoms with Crippen LogP contribution in [0.25, 0.3) is 6.08 Å². The fraction of sp³-hybridized carbons (Fsp3) is 0.125. The Bertz CT molecular complexity index is 755. The van der Waals surface area contributed by atoms with E-state index in [0.29, 0.717) is 18.5 Å². The normalized spacial score (nSPS) is 11.8. The van der Waals surface area contributed by atoms with Crippen LogP contribution in [0.1, 0.15) is 11.1 Å². The molecule has 2 aromatic rings. The zero-order valence-corrected chi connectivity index (χ0v) is 12.6. The highest BCUT2D eigenvalue weighted by Crippen LogP contribution is 2.25. The highest BCUT2D eigenvalue weighted by atomic mass is 32.2. The lowest BCUT2D eigenvalue weighted by molar-refractivity contribution is 0.403. The van der Waals surface area contributed by atoms with Crippen LogP contribution in [0.2, 0.25) is 0 Å². The Morgan fingerprint density at radius 3 is 2.41 bits per heavy atom. The molecule has 0 aliphatic rings. The van der Waals surface area contributed by atoms with E-state index in [2.05, 4.69) is 4.72 Å². The highest BCUT2D eigenvalue weighted by Gasteiger charge is 2.05. The first-order valence-electron chi connectivity index (χ1n) is 6.70. The van der Waals surface area contributed by atoms with Gasteiger partial charge in [0.1, 0.15) is 0 Å². The summed E-state index contributed by atoms with van der Waals surface area (Å²) >= 11 is 0. The summed E-state index contributed by atoms with van der Waals surface area (Å²) in [7, 11) is -3.55. The van der Waals surface area contributed by atoms with Crippen LogP contribution in [0.15, 0.2) is 53.9 Å². The number of phenols is 2. The van der Waals surface area contributed by atoms with Crippen LogP contribution in [-0.4, -0.2) is 25.2 Å². The molecule has 116 valence electrons. The maximum absolute atomic E-state index is 11.8. The number of nitrogens with one attached hydrogen (secondary N) is 1. The monoisotopic (exact) mass is 319 g/mol. The van der Waals surface area contributed by atoms with E-state index in [1.54, 1.807) is 0 Å². The Hall–Kier alpha value is -2.31. The van der Waals surface area contributed by atoms with Gasteiger partial charge >= 0.3 is 0 Å². The van der Waals surface area contributed by atoms with Gasteiger partial charge in [-0.2, -0.15) is 0 Å². The summed E-state index contributed by atoms with van der Waals surface area (Å²) in [5.41, 5.74) is 1.53. The van der Waals surface area contributed by atoms with E-state index < -0.39 is 10.0 Å². The molecule has 0 spiro atoms. The fourth-order valence-electron chi connectivity index (χ4n) is 1.84. The summed E-state index contributed by atoms with van der Waals surface area (Å²) in [6, 6.07) is 13.7. The van der Waals surface area contributed by atoms with Gasteiger partial charge in [-0.15, -0.1) is 0 Å². The molecule has 0 amide bonds. The van der Waals surface area contributed by atoms with Gasteiger partial charge in [0.15, 0.2) is 11.5 Å². The lowest BCUT2D eigenvalue weighted by atomic mass is 10.2. The summed E-state index contributed by atoms with van der Waals surface area (Å²) < 4.78 is 26.1. The van der Waals surface area contributed by atoms with Crippen LogP contribution in [0.4, 0.5) is 0 Å². The molecule has 0 saturated carbocycles. The number of hydrogen-bond donors (Lipinski definition) is 3. The minimum Gasteiger partial charge on any atom is -0.504 e. The molecule has 0 bridgehead atoms. The Balaban J connectivity index is 1.92. The van der Waals surface area contributed by atoms with Crippen molar-refractivity contribution >= 4 is 16.1 Å². The van der Waals surface area contributed by atoms with Crippen molar-refractivity contribution in [2.45, 2.75) is 6.42 Å². The fourth-order valence-corrected chi connectivity index (χ4v) is 2.66. The van der Waals surface area contributed by atoms with E-state index >= 15 is 0 Å². The molecular weight excluding hydrogens is 302 g/mol. The van der Waals surface area contributed by atoms with Crippen molar-refractivity contribution in [3.63, 3.8) is 0 Å². The van der Waals surface area contributed by atoms with Gasteiger partial charge in [0, 0.05) is 12.0 Å². The van der Waals surface area contributed by atoms with Gasteiger partial charge in [0.25, 0.3) is 0 Å². The summed E-state index contributed by atoms with van der Waals surface area (Å²) in [6.07, 6.45) is 1.96. The molecular formula is C16H17NO4S. The minimum atomic E-state index is -3.55. The number of aromatic hydroxyl groups is 2. The summed E-state index contributed by atoms with van der Waals surface area (Å²) in [6.45, 7) is 0.303. The van der Waals surface area contributed by atoms with E-state index in [4.69, 9.17) is 0 Å². The second kappa shape index (κ2) is 7.11. The highest BCUT2D eigenvalue weighted by molar-refractivity contribution is 7.92. The summed E-state index contributed by atoms with van der Waals surface area (Å²) in [5, 5.41) is 19.6. The van der Waals surface area contributed by atoms with Crippen LogP contribution in [0, 0.1) is 0 Å². The number of hydrogen-bond acceptors (Lipinski definition) is 4. The molecule has 2 aromatic carbocycles. The zero-order valence-electron chi connectivity index (χ0n) is 11.8. The van der Waals surface area contributed by atoms with E-state index in [1.807, 2.05) is 30.3 Å². The third-order valence-electron chi connectivity index (χ3n) is 3.00. The number of sulfonamides is 1.